The Balaban J connectivity index is 1.96. The highest BCUT2D eigenvalue weighted by molar-refractivity contribution is 6.30. The van der Waals surface area contributed by atoms with Gasteiger partial charge in [0.15, 0.2) is 0 Å². The summed E-state index contributed by atoms with van der Waals surface area (Å²) in [5, 5.41) is 3.99. The summed E-state index contributed by atoms with van der Waals surface area (Å²) in [6, 6.07) is 14.8. The topological polar surface area (TPSA) is 38.3 Å². The number of methoxy groups -OCH3 is 1. The van der Waals surface area contributed by atoms with Gasteiger partial charge < -0.3 is 10.1 Å². The molecular weight excluding hydrogens is 262 g/mol. The van der Waals surface area contributed by atoms with E-state index in [9.17, 15) is 4.79 Å². The summed E-state index contributed by atoms with van der Waals surface area (Å²) in [4.78, 5) is 11.3. The summed E-state index contributed by atoms with van der Waals surface area (Å²) >= 11 is 5.82. The van der Waals surface area contributed by atoms with Crippen molar-refractivity contribution in [3.63, 3.8) is 0 Å². The van der Waals surface area contributed by atoms with Gasteiger partial charge in [0, 0.05) is 17.3 Å². The molecule has 98 valence electrons. The van der Waals surface area contributed by atoms with E-state index in [1.54, 1.807) is 12.1 Å². The first-order valence-electron chi connectivity index (χ1n) is 5.86. The lowest BCUT2D eigenvalue weighted by molar-refractivity contribution is 0.0600. The zero-order chi connectivity index (χ0) is 13.7. The van der Waals surface area contributed by atoms with Gasteiger partial charge >= 0.3 is 5.97 Å². The molecule has 0 amide bonds. The minimum absolute atomic E-state index is 0.322. The molecule has 0 aromatic heterocycles. The largest absolute Gasteiger partial charge is 0.465 e. The smallest absolute Gasteiger partial charge is 0.337 e. The van der Waals surface area contributed by atoms with Crippen LogP contribution in [0.25, 0.3) is 0 Å². The van der Waals surface area contributed by atoms with Crippen molar-refractivity contribution in [1.29, 1.82) is 0 Å². The Morgan fingerprint density at radius 1 is 1.11 bits per heavy atom. The van der Waals surface area contributed by atoms with Crippen LogP contribution < -0.4 is 5.32 Å². The molecule has 2 aromatic rings. The number of ether oxygens (including phenoxy) is 1. The van der Waals surface area contributed by atoms with Crippen LogP contribution in [0, 0.1) is 0 Å². The first-order valence-corrected chi connectivity index (χ1v) is 6.23. The van der Waals surface area contributed by atoms with Crippen LogP contribution in [0.15, 0.2) is 48.5 Å². The number of anilines is 1. The number of hydrogen-bond acceptors (Lipinski definition) is 3. The molecular formula is C15H14ClNO2. The number of carbonyl (C=O) groups excluding carboxylic acids is 1. The molecule has 0 spiro atoms. The van der Waals surface area contributed by atoms with E-state index in [1.807, 2.05) is 36.4 Å². The van der Waals surface area contributed by atoms with Crippen molar-refractivity contribution in [2.45, 2.75) is 6.54 Å². The molecule has 0 atom stereocenters. The van der Waals surface area contributed by atoms with Gasteiger partial charge in [0.1, 0.15) is 0 Å². The SMILES string of the molecule is COC(=O)c1ccc(CNc2ccc(Cl)cc2)cc1. The van der Waals surface area contributed by atoms with Crippen LogP contribution in [0.4, 0.5) is 5.69 Å². The Morgan fingerprint density at radius 2 is 1.74 bits per heavy atom. The lowest BCUT2D eigenvalue weighted by atomic mass is 10.1. The van der Waals surface area contributed by atoms with E-state index in [2.05, 4.69) is 10.1 Å². The van der Waals surface area contributed by atoms with Crippen LogP contribution >= 0.6 is 11.6 Å². The van der Waals surface area contributed by atoms with Gasteiger partial charge in [-0.1, -0.05) is 23.7 Å². The lowest BCUT2D eigenvalue weighted by Crippen LogP contribution is -2.03. The van der Waals surface area contributed by atoms with Crippen molar-refractivity contribution in [1.82, 2.24) is 0 Å². The van der Waals surface area contributed by atoms with E-state index >= 15 is 0 Å². The number of nitrogens with one attached hydrogen (secondary N) is 1. The Kier molecular flexibility index (Phi) is 4.42. The van der Waals surface area contributed by atoms with Crippen LogP contribution in [0.1, 0.15) is 15.9 Å². The molecule has 2 rings (SSSR count). The van der Waals surface area contributed by atoms with Crippen LogP contribution in [-0.2, 0) is 11.3 Å². The number of esters is 1. The third-order valence-corrected chi connectivity index (χ3v) is 2.97. The molecule has 0 aliphatic heterocycles. The summed E-state index contributed by atoms with van der Waals surface area (Å²) in [6.45, 7) is 0.684. The highest BCUT2D eigenvalue weighted by Gasteiger charge is 2.04. The average molecular weight is 276 g/mol. The second-order valence-electron chi connectivity index (χ2n) is 4.05. The summed E-state index contributed by atoms with van der Waals surface area (Å²) in [5.74, 6) is -0.322. The number of benzene rings is 2. The molecule has 0 aliphatic rings. The number of halogens is 1. The summed E-state index contributed by atoms with van der Waals surface area (Å²) < 4.78 is 4.65. The minimum Gasteiger partial charge on any atom is -0.465 e. The van der Waals surface area contributed by atoms with Crippen molar-refractivity contribution in [2.24, 2.45) is 0 Å². The van der Waals surface area contributed by atoms with Gasteiger partial charge in [-0.15, -0.1) is 0 Å². The maximum atomic E-state index is 11.3. The molecule has 0 unspecified atom stereocenters. The number of carbonyl (C=O) groups is 1. The molecule has 0 saturated carbocycles. The predicted molar refractivity (Wildman–Crippen MR) is 76.6 cm³/mol. The molecule has 4 heteroatoms. The van der Waals surface area contributed by atoms with Gasteiger partial charge in [-0.05, 0) is 42.0 Å². The Morgan fingerprint density at radius 3 is 2.32 bits per heavy atom. The van der Waals surface area contributed by atoms with E-state index in [-0.39, 0.29) is 5.97 Å². The number of rotatable bonds is 4. The van der Waals surface area contributed by atoms with Crippen LogP contribution in [-0.4, -0.2) is 13.1 Å². The molecule has 0 aliphatic carbocycles. The number of hydrogen-bond donors (Lipinski definition) is 1. The summed E-state index contributed by atoms with van der Waals surface area (Å²) in [6.07, 6.45) is 0. The quantitative estimate of drug-likeness (QED) is 0.864. The first-order chi connectivity index (χ1) is 9.19. The molecule has 0 radical (unpaired) electrons. The molecule has 0 heterocycles. The molecule has 1 N–H and O–H groups in total. The zero-order valence-electron chi connectivity index (χ0n) is 10.5. The van der Waals surface area contributed by atoms with Gasteiger partial charge in [0.2, 0.25) is 0 Å². The zero-order valence-corrected chi connectivity index (χ0v) is 11.3. The second-order valence-corrected chi connectivity index (χ2v) is 4.49. The fraction of sp³-hybridized carbons (Fsp3) is 0.133. The normalized spacial score (nSPS) is 10.0. The van der Waals surface area contributed by atoms with Gasteiger partial charge in [-0.3, -0.25) is 0 Å². The first kappa shape index (κ1) is 13.4. The summed E-state index contributed by atoms with van der Waals surface area (Å²) in [5.41, 5.74) is 2.64. The third kappa shape index (κ3) is 3.73. The second kappa shape index (κ2) is 6.25. The van der Waals surface area contributed by atoms with Gasteiger partial charge in [0.25, 0.3) is 0 Å². The van der Waals surface area contributed by atoms with E-state index in [1.165, 1.54) is 7.11 Å². The van der Waals surface area contributed by atoms with Crippen molar-refractivity contribution >= 4 is 23.3 Å². The van der Waals surface area contributed by atoms with Gasteiger partial charge in [0.05, 0.1) is 12.7 Å². The van der Waals surface area contributed by atoms with Crippen molar-refractivity contribution in [3.05, 3.63) is 64.7 Å². The lowest BCUT2D eigenvalue weighted by Gasteiger charge is -2.07. The van der Waals surface area contributed by atoms with E-state index < -0.39 is 0 Å². The van der Waals surface area contributed by atoms with E-state index in [0.717, 1.165) is 11.3 Å². The standard InChI is InChI=1S/C15H14ClNO2/c1-19-15(18)12-4-2-11(3-5-12)10-17-14-8-6-13(16)7-9-14/h2-9,17H,10H2,1H3. The highest BCUT2D eigenvalue weighted by Crippen LogP contribution is 2.14. The van der Waals surface area contributed by atoms with Crippen molar-refractivity contribution in [2.75, 3.05) is 12.4 Å². The fourth-order valence-corrected chi connectivity index (χ4v) is 1.77. The fourth-order valence-electron chi connectivity index (χ4n) is 1.65. The van der Waals surface area contributed by atoms with E-state index in [4.69, 9.17) is 11.6 Å². The monoisotopic (exact) mass is 275 g/mol. The Hall–Kier alpha value is -2.00. The molecule has 0 bridgehead atoms. The Bertz CT molecular complexity index is 549. The summed E-state index contributed by atoms with van der Waals surface area (Å²) in [7, 11) is 1.37. The predicted octanol–water partition coefficient (Wildman–Crippen LogP) is 3.74. The third-order valence-electron chi connectivity index (χ3n) is 2.72. The molecule has 2 aromatic carbocycles. The van der Waals surface area contributed by atoms with Crippen LogP contribution in [0.3, 0.4) is 0 Å². The molecule has 0 fully saturated rings. The average Bonchev–Trinajstić information content (AvgIpc) is 2.46. The van der Waals surface area contributed by atoms with Gasteiger partial charge in [-0.2, -0.15) is 0 Å². The van der Waals surface area contributed by atoms with E-state index in [0.29, 0.717) is 17.1 Å². The maximum absolute atomic E-state index is 11.3. The van der Waals surface area contributed by atoms with Crippen molar-refractivity contribution < 1.29 is 9.53 Å². The van der Waals surface area contributed by atoms with Crippen LogP contribution in [0.5, 0.6) is 0 Å². The van der Waals surface area contributed by atoms with Gasteiger partial charge in [-0.25, -0.2) is 4.79 Å². The molecule has 19 heavy (non-hydrogen) atoms. The minimum atomic E-state index is -0.322. The Labute approximate surface area is 117 Å². The molecule has 3 nitrogen and oxygen atoms in total. The van der Waals surface area contributed by atoms with Crippen molar-refractivity contribution in [3.8, 4) is 0 Å². The molecule has 0 saturated heterocycles. The van der Waals surface area contributed by atoms with Crippen LogP contribution in [0.2, 0.25) is 5.02 Å². The highest BCUT2D eigenvalue weighted by atomic mass is 35.5. The maximum Gasteiger partial charge on any atom is 0.337 e.